The van der Waals surface area contributed by atoms with Crippen LogP contribution in [0.15, 0.2) is 10.5 Å². The Morgan fingerprint density at radius 2 is 2.00 bits per heavy atom. The maximum Gasteiger partial charge on any atom is 0.339 e. The molecule has 1 fully saturated rings. The number of hydrogen-bond acceptors (Lipinski definition) is 3. The Kier molecular flexibility index (Phi) is 5.85. The molecule has 0 spiro atoms. The lowest BCUT2D eigenvalue weighted by Gasteiger charge is -2.26. The topological polar surface area (TPSA) is 70.8 Å². The highest BCUT2D eigenvalue weighted by molar-refractivity contribution is 5.88. The lowest BCUT2D eigenvalue weighted by atomic mass is 9.83. The number of aryl methyl sites for hydroxylation is 1. The molecule has 5 nitrogen and oxygen atoms in total. The van der Waals surface area contributed by atoms with Crippen molar-refractivity contribution in [3.05, 3.63) is 23.2 Å². The molecule has 1 heterocycles. The van der Waals surface area contributed by atoms with Crippen LogP contribution in [0, 0.1) is 18.8 Å². The molecule has 1 saturated carbocycles. The summed E-state index contributed by atoms with van der Waals surface area (Å²) in [6.07, 6.45) is 7.31. The molecular weight excluding hydrogens is 294 g/mol. The van der Waals surface area contributed by atoms with Gasteiger partial charge in [0.1, 0.15) is 17.1 Å². The van der Waals surface area contributed by atoms with E-state index in [9.17, 15) is 9.59 Å². The second-order valence-electron chi connectivity index (χ2n) is 6.82. The summed E-state index contributed by atoms with van der Waals surface area (Å²) < 4.78 is 5.45. The second kappa shape index (κ2) is 7.66. The van der Waals surface area contributed by atoms with E-state index in [-0.39, 0.29) is 17.4 Å². The van der Waals surface area contributed by atoms with Crippen LogP contribution in [-0.2, 0) is 11.3 Å². The van der Waals surface area contributed by atoms with Gasteiger partial charge in [-0.3, -0.25) is 4.79 Å². The maximum absolute atomic E-state index is 12.5. The largest absolute Gasteiger partial charge is 0.478 e. The minimum atomic E-state index is -1.00. The molecule has 5 heteroatoms. The van der Waals surface area contributed by atoms with Gasteiger partial charge in [-0.1, -0.05) is 39.0 Å². The molecule has 1 unspecified atom stereocenters. The summed E-state index contributed by atoms with van der Waals surface area (Å²) in [4.78, 5) is 25.2. The lowest BCUT2D eigenvalue weighted by Crippen LogP contribution is -2.32. The zero-order chi connectivity index (χ0) is 17.0. The number of hydrogen-bond donors (Lipinski definition) is 1. The molecular formula is C18H27NO4. The van der Waals surface area contributed by atoms with E-state index in [1.807, 2.05) is 6.92 Å². The highest BCUT2D eigenvalue weighted by Gasteiger charge is 2.24. The fraction of sp³-hybridized carbons (Fsp3) is 0.667. The van der Waals surface area contributed by atoms with Gasteiger partial charge in [0.25, 0.3) is 0 Å². The second-order valence-corrected chi connectivity index (χ2v) is 6.82. The van der Waals surface area contributed by atoms with Crippen LogP contribution in [0.1, 0.15) is 67.3 Å². The van der Waals surface area contributed by atoms with E-state index in [1.54, 1.807) is 18.9 Å². The summed E-state index contributed by atoms with van der Waals surface area (Å²) >= 11 is 0. The molecule has 0 aliphatic heterocycles. The first-order chi connectivity index (χ1) is 10.9. The molecule has 1 aliphatic rings. The summed E-state index contributed by atoms with van der Waals surface area (Å²) in [7, 11) is 1.75. The Hall–Kier alpha value is -1.78. The number of carboxylic acid groups (broad SMARTS) is 1. The van der Waals surface area contributed by atoms with Gasteiger partial charge >= 0.3 is 5.97 Å². The molecule has 0 aromatic carbocycles. The number of carbonyl (C=O) groups excluding carboxylic acids is 1. The molecule has 128 valence electrons. The van der Waals surface area contributed by atoms with Crippen molar-refractivity contribution >= 4 is 11.9 Å². The molecule has 0 bridgehead atoms. The maximum atomic E-state index is 12.5. The Labute approximate surface area is 137 Å². The standard InChI is InChI=1S/C18H27NO4/c1-12(9-14-7-5-4-6-8-14)17(20)19(3)11-15-10-16(18(21)22)13(2)23-15/h10,12,14H,4-9,11H2,1-3H3,(H,21,22). The van der Waals surface area contributed by atoms with E-state index in [0.717, 1.165) is 6.42 Å². The molecule has 1 aliphatic carbocycles. The van der Waals surface area contributed by atoms with E-state index in [4.69, 9.17) is 9.52 Å². The SMILES string of the molecule is Cc1oc(CN(C)C(=O)C(C)CC2CCCCC2)cc1C(=O)O. The van der Waals surface area contributed by atoms with Crippen molar-refractivity contribution in [2.24, 2.45) is 11.8 Å². The number of amides is 1. The minimum absolute atomic E-state index is 0.00176. The number of aromatic carboxylic acids is 1. The molecule has 2 rings (SSSR count). The third-order valence-electron chi connectivity index (χ3n) is 4.80. The first-order valence-corrected chi connectivity index (χ1v) is 8.46. The zero-order valence-corrected chi connectivity index (χ0v) is 14.3. The van der Waals surface area contributed by atoms with Gasteiger partial charge in [-0.25, -0.2) is 4.79 Å². The van der Waals surface area contributed by atoms with Crippen molar-refractivity contribution in [3.8, 4) is 0 Å². The van der Waals surface area contributed by atoms with Crippen molar-refractivity contribution in [2.45, 2.75) is 58.9 Å². The average molecular weight is 321 g/mol. The van der Waals surface area contributed by atoms with Crippen LogP contribution in [0.5, 0.6) is 0 Å². The summed E-state index contributed by atoms with van der Waals surface area (Å²) in [5, 5.41) is 9.05. The number of furan rings is 1. The van der Waals surface area contributed by atoms with Crippen LogP contribution in [0.25, 0.3) is 0 Å². The minimum Gasteiger partial charge on any atom is -0.478 e. The Bertz CT molecular complexity index is 557. The first-order valence-electron chi connectivity index (χ1n) is 8.46. The lowest BCUT2D eigenvalue weighted by molar-refractivity contribution is -0.135. The van der Waals surface area contributed by atoms with Crippen molar-refractivity contribution < 1.29 is 19.1 Å². The van der Waals surface area contributed by atoms with Crippen LogP contribution < -0.4 is 0 Å². The Morgan fingerprint density at radius 3 is 2.57 bits per heavy atom. The van der Waals surface area contributed by atoms with Gasteiger partial charge in [0, 0.05) is 13.0 Å². The van der Waals surface area contributed by atoms with Crippen molar-refractivity contribution in [2.75, 3.05) is 7.05 Å². The van der Waals surface area contributed by atoms with Crippen molar-refractivity contribution in [1.82, 2.24) is 4.90 Å². The van der Waals surface area contributed by atoms with E-state index in [2.05, 4.69) is 0 Å². The molecule has 1 N–H and O–H groups in total. The van der Waals surface area contributed by atoms with Gasteiger partial charge in [-0.15, -0.1) is 0 Å². The smallest absolute Gasteiger partial charge is 0.339 e. The molecule has 23 heavy (non-hydrogen) atoms. The predicted molar refractivity (Wildman–Crippen MR) is 87.2 cm³/mol. The molecule has 0 radical (unpaired) electrons. The summed E-state index contributed by atoms with van der Waals surface area (Å²) in [6.45, 7) is 3.92. The number of carbonyl (C=O) groups is 2. The predicted octanol–water partition coefficient (Wildman–Crippen LogP) is 3.85. The van der Waals surface area contributed by atoms with Crippen LogP contribution >= 0.6 is 0 Å². The number of rotatable bonds is 6. The molecule has 1 atom stereocenters. The van der Waals surface area contributed by atoms with E-state index in [1.165, 1.54) is 38.2 Å². The highest BCUT2D eigenvalue weighted by atomic mass is 16.4. The fourth-order valence-electron chi connectivity index (χ4n) is 3.55. The molecule has 1 aromatic rings. The Morgan fingerprint density at radius 1 is 1.35 bits per heavy atom. The van der Waals surface area contributed by atoms with Gasteiger partial charge < -0.3 is 14.4 Å². The first kappa shape index (κ1) is 17.6. The van der Waals surface area contributed by atoms with E-state index >= 15 is 0 Å². The normalized spacial score (nSPS) is 17.0. The van der Waals surface area contributed by atoms with Crippen LogP contribution in [0.2, 0.25) is 0 Å². The van der Waals surface area contributed by atoms with Crippen LogP contribution in [0.4, 0.5) is 0 Å². The average Bonchev–Trinajstić information content (AvgIpc) is 2.88. The Balaban J connectivity index is 1.91. The molecule has 1 aromatic heterocycles. The monoisotopic (exact) mass is 321 g/mol. The third kappa shape index (κ3) is 4.60. The van der Waals surface area contributed by atoms with Crippen molar-refractivity contribution in [3.63, 3.8) is 0 Å². The zero-order valence-electron chi connectivity index (χ0n) is 14.3. The summed E-state index contributed by atoms with van der Waals surface area (Å²) in [5.74, 6) is 0.654. The van der Waals surface area contributed by atoms with Gasteiger partial charge in [-0.05, 0) is 25.3 Å². The number of nitrogens with zero attached hydrogens (tertiary/aromatic N) is 1. The van der Waals surface area contributed by atoms with Gasteiger partial charge in [-0.2, -0.15) is 0 Å². The molecule has 1 amide bonds. The highest BCUT2D eigenvalue weighted by Crippen LogP contribution is 2.29. The van der Waals surface area contributed by atoms with Crippen LogP contribution in [0.3, 0.4) is 0 Å². The fourth-order valence-corrected chi connectivity index (χ4v) is 3.55. The van der Waals surface area contributed by atoms with E-state index < -0.39 is 5.97 Å². The third-order valence-corrected chi connectivity index (χ3v) is 4.80. The van der Waals surface area contributed by atoms with Gasteiger partial charge in [0.15, 0.2) is 0 Å². The quantitative estimate of drug-likeness (QED) is 0.864. The van der Waals surface area contributed by atoms with Gasteiger partial charge in [0.2, 0.25) is 5.91 Å². The summed E-state index contributed by atoms with van der Waals surface area (Å²) in [6, 6.07) is 1.51. The van der Waals surface area contributed by atoms with Gasteiger partial charge in [0.05, 0.1) is 6.54 Å². The van der Waals surface area contributed by atoms with Crippen molar-refractivity contribution in [1.29, 1.82) is 0 Å². The number of carboxylic acids is 1. The molecule has 0 saturated heterocycles. The van der Waals surface area contributed by atoms with Crippen LogP contribution in [-0.4, -0.2) is 28.9 Å². The summed E-state index contributed by atoms with van der Waals surface area (Å²) in [5.41, 5.74) is 0.163. The van der Waals surface area contributed by atoms with E-state index in [0.29, 0.717) is 24.0 Å².